The van der Waals surface area contributed by atoms with Gasteiger partial charge in [0.2, 0.25) is 0 Å². The van der Waals surface area contributed by atoms with E-state index in [1.807, 2.05) is 0 Å². The Morgan fingerprint density at radius 1 is 0.548 bits per heavy atom. The number of carbonyl (C=O) groups excluding carboxylic acids is 5. The molecule has 0 heterocycles. The zero-order chi connectivity index (χ0) is 31.5. The molecule has 0 spiro atoms. The topological polar surface area (TPSA) is 159 Å². The Balaban J connectivity index is -0.000000477. The third-order valence-corrected chi connectivity index (χ3v) is 3.69. The van der Waals surface area contributed by atoms with E-state index in [-0.39, 0.29) is 42.3 Å². The zero-order valence-corrected chi connectivity index (χ0v) is 26.6. The summed E-state index contributed by atoms with van der Waals surface area (Å²) in [6.45, 7) is 8.54. The minimum Gasteiger partial charge on any atom is -0.550 e. The molecule has 3 rings (SSSR count). The van der Waals surface area contributed by atoms with Gasteiger partial charge in [0.1, 0.15) is 0 Å². The summed E-state index contributed by atoms with van der Waals surface area (Å²) in [5, 5.41) is 17.8. The third-order valence-electron chi connectivity index (χ3n) is 3.69. The molecule has 11 heteroatoms. The molecular formula is C31H33O10Sb-2. The Bertz CT molecular complexity index is 1030. The van der Waals surface area contributed by atoms with Gasteiger partial charge in [-0.1, -0.05) is 0 Å². The second kappa shape index (κ2) is 28.5. The van der Waals surface area contributed by atoms with E-state index in [9.17, 15) is 14.4 Å². The van der Waals surface area contributed by atoms with Gasteiger partial charge in [0, 0.05) is 72.3 Å². The predicted octanol–water partition coefficient (Wildman–Crippen LogP) is 1.35. The Labute approximate surface area is 264 Å². The second-order valence-corrected chi connectivity index (χ2v) is 7.01. The van der Waals surface area contributed by atoms with Gasteiger partial charge in [-0.3, -0.25) is 0 Å². The van der Waals surface area contributed by atoms with Crippen LogP contribution in [-0.4, -0.2) is 74.1 Å². The molecule has 0 fully saturated rings. The minimum atomic E-state index is -1.08. The number of allylic oxidation sites excluding steroid dienone is 6. The Kier molecular flexibility index (Phi) is 28.8. The van der Waals surface area contributed by atoms with Gasteiger partial charge in [0.25, 0.3) is 0 Å². The van der Waals surface area contributed by atoms with Crippen LogP contribution in [0.2, 0.25) is 0 Å². The fourth-order valence-electron chi connectivity index (χ4n) is 2.21. The molecule has 6 radical (unpaired) electrons. The fourth-order valence-corrected chi connectivity index (χ4v) is 2.21. The van der Waals surface area contributed by atoms with Crippen molar-refractivity contribution in [2.24, 2.45) is 0 Å². The van der Waals surface area contributed by atoms with Crippen molar-refractivity contribution < 1.29 is 48.4 Å². The molecule has 42 heavy (non-hydrogen) atoms. The number of rotatable bonds is 6. The molecule has 3 aliphatic rings. The molecule has 0 bridgehead atoms. The summed E-state index contributed by atoms with van der Waals surface area (Å²) in [7, 11) is 0. The maximum absolute atomic E-state index is 11.0. The maximum atomic E-state index is 11.0. The van der Waals surface area contributed by atoms with Crippen LogP contribution in [0.4, 0.5) is 0 Å². The van der Waals surface area contributed by atoms with Gasteiger partial charge in [-0.25, -0.2) is 14.4 Å². The van der Waals surface area contributed by atoms with Crippen molar-refractivity contribution in [3.63, 3.8) is 0 Å². The number of carboxylic acid groups (broad SMARTS) is 2. The molecule has 0 aromatic heterocycles. The minimum absolute atomic E-state index is 0. The number of hydrogen-bond donors (Lipinski definition) is 0. The summed E-state index contributed by atoms with van der Waals surface area (Å²) in [5.74, 6) is -3.00. The molecule has 3 aliphatic carbocycles. The molecule has 0 atom stereocenters. The first-order chi connectivity index (χ1) is 19.5. The number of esters is 3. The largest absolute Gasteiger partial charge is 0.550 e. The van der Waals surface area contributed by atoms with Crippen LogP contribution in [0.3, 0.4) is 0 Å². The van der Waals surface area contributed by atoms with Crippen molar-refractivity contribution in [1.82, 2.24) is 0 Å². The number of aliphatic carboxylic acids is 2. The Morgan fingerprint density at radius 2 is 0.762 bits per heavy atom. The van der Waals surface area contributed by atoms with Crippen LogP contribution in [-0.2, 0) is 38.2 Å². The normalized spacial score (nSPS) is 12.5. The number of carboxylic acids is 2. The summed E-state index contributed by atoms with van der Waals surface area (Å²) >= 11 is 0. The molecule has 224 valence electrons. The molecule has 0 aliphatic heterocycles. The average Bonchev–Trinajstić information content (AvgIpc) is 2.95. The number of ether oxygens (including phenoxy) is 3. The first kappa shape index (κ1) is 42.4. The smallest absolute Gasteiger partial charge is 0.334 e. The van der Waals surface area contributed by atoms with Crippen molar-refractivity contribution in [2.75, 3.05) is 19.8 Å². The van der Waals surface area contributed by atoms with E-state index in [1.54, 1.807) is 94.7 Å². The summed E-state index contributed by atoms with van der Waals surface area (Å²) in [6, 6.07) is 0. The molecule has 0 unspecified atom stereocenters. The van der Waals surface area contributed by atoms with Crippen LogP contribution in [0.25, 0.3) is 0 Å². The van der Waals surface area contributed by atoms with Gasteiger partial charge in [0.05, 0.1) is 19.8 Å². The van der Waals surface area contributed by atoms with Gasteiger partial charge in [-0.15, -0.1) is 17.2 Å². The Hall–Kier alpha value is -4.05. The predicted molar refractivity (Wildman–Crippen MR) is 152 cm³/mol. The van der Waals surface area contributed by atoms with Gasteiger partial charge >= 0.3 is 17.9 Å². The zero-order valence-electron chi connectivity index (χ0n) is 24.1. The fraction of sp³-hybridized carbons (Fsp3) is 0.258. The third kappa shape index (κ3) is 26.2. The van der Waals surface area contributed by atoms with Gasteiger partial charge in [-0.2, -0.15) is 0 Å². The summed E-state index contributed by atoms with van der Waals surface area (Å²) in [6.07, 6.45) is 20.2. The summed E-state index contributed by atoms with van der Waals surface area (Å²) < 4.78 is 14.3. The van der Waals surface area contributed by atoms with E-state index in [2.05, 4.69) is 17.2 Å². The second-order valence-electron chi connectivity index (χ2n) is 7.01. The molecule has 0 saturated carbocycles. The van der Waals surface area contributed by atoms with Crippen LogP contribution >= 0.6 is 0 Å². The van der Waals surface area contributed by atoms with Gasteiger partial charge < -0.3 is 34.0 Å². The molecule has 0 saturated heterocycles. The maximum Gasteiger partial charge on any atom is 0.334 e. The summed E-state index contributed by atoms with van der Waals surface area (Å²) in [5.41, 5.74) is 10.2. The average molecular weight is 687 g/mol. The van der Waals surface area contributed by atoms with Crippen LogP contribution in [0.1, 0.15) is 34.6 Å². The number of carbonyl (C=O) groups is 5. The van der Waals surface area contributed by atoms with Crippen LogP contribution < -0.4 is 10.2 Å². The molecule has 10 nitrogen and oxygen atoms in total. The van der Waals surface area contributed by atoms with E-state index < -0.39 is 11.9 Å². The standard InChI is InChI=1S/3C9H9O2.2C2H4O2.Sb/c3*1-2-11-9(10)8-6-4-3-5-7-8;2*1-2(3)4;/h3*4-7H,2H2,1H3;2*1H3,(H,3,4);/p-2. The van der Waals surface area contributed by atoms with Crippen molar-refractivity contribution >= 4 is 54.3 Å². The van der Waals surface area contributed by atoms with E-state index in [4.69, 9.17) is 34.0 Å². The van der Waals surface area contributed by atoms with Crippen molar-refractivity contribution in [3.05, 3.63) is 108 Å². The SMILES string of the molecule is CC(=O)[O-].CC(=O)[O-].CCOC(=O)C1=CC=C=C[CH]1.CCOC(=O)C1=CC=C=C[CH]1.CCOC(=O)C1=CC=C=C[CH]1.[Sb]. The quantitative estimate of drug-likeness (QED) is 0.173. The Morgan fingerprint density at radius 3 is 0.905 bits per heavy atom. The monoisotopic (exact) mass is 686 g/mol. The molecular weight excluding hydrogens is 654 g/mol. The molecule has 0 aromatic rings. The van der Waals surface area contributed by atoms with Crippen LogP contribution in [0.15, 0.2) is 88.6 Å². The van der Waals surface area contributed by atoms with Crippen LogP contribution in [0.5, 0.6) is 0 Å². The summed E-state index contributed by atoms with van der Waals surface area (Å²) in [4.78, 5) is 50.8. The van der Waals surface area contributed by atoms with Gasteiger partial charge in [-0.05, 0) is 89.3 Å². The van der Waals surface area contributed by atoms with E-state index in [0.717, 1.165) is 13.8 Å². The van der Waals surface area contributed by atoms with E-state index >= 15 is 0 Å². The molecule has 0 aromatic carbocycles. The van der Waals surface area contributed by atoms with Gasteiger partial charge in [0.15, 0.2) is 0 Å². The van der Waals surface area contributed by atoms with Crippen molar-refractivity contribution in [1.29, 1.82) is 0 Å². The molecule has 0 amide bonds. The first-order valence-electron chi connectivity index (χ1n) is 12.2. The van der Waals surface area contributed by atoms with E-state index in [1.165, 1.54) is 0 Å². The van der Waals surface area contributed by atoms with Crippen LogP contribution in [0, 0.1) is 19.3 Å². The molecule has 0 N–H and O–H groups in total. The van der Waals surface area contributed by atoms with Crippen molar-refractivity contribution in [3.8, 4) is 0 Å². The number of hydrogen-bond acceptors (Lipinski definition) is 10. The van der Waals surface area contributed by atoms with Crippen molar-refractivity contribution in [2.45, 2.75) is 34.6 Å². The van der Waals surface area contributed by atoms with E-state index in [0.29, 0.717) is 36.5 Å². The first-order valence-corrected chi connectivity index (χ1v) is 12.2.